The second-order valence-corrected chi connectivity index (χ2v) is 6.67. The predicted octanol–water partition coefficient (Wildman–Crippen LogP) is 2.33. The van der Waals surface area contributed by atoms with Gasteiger partial charge in [0.1, 0.15) is 5.82 Å². The van der Waals surface area contributed by atoms with Crippen LogP contribution < -0.4 is 5.32 Å². The molecular weight excluding hydrogens is 368 g/mol. The molecule has 1 aromatic carbocycles. The Morgan fingerprint density at radius 3 is 2.48 bits per heavy atom. The highest BCUT2D eigenvalue weighted by Crippen LogP contribution is 2.21. The number of benzene rings is 1. The number of nitrogens with zero attached hydrogens (tertiary/aromatic N) is 2. The zero-order valence-electron chi connectivity index (χ0n) is 13.8. The summed E-state index contributed by atoms with van der Waals surface area (Å²) in [5.74, 6) is -0.911. The molecule has 2 saturated heterocycles. The summed E-state index contributed by atoms with van der Waals surface area (Å²) in [6.07, 6.45) is 2.66. The van der Waals surface area contributed by atoms with E-state index in [-0.39, 0.29) is 34.9 Å². The van der Waals surface area contributed by atoms with E-state index < -0.39 is 11.7 Å². The highest BCUT2D eigenvalue weighted by atomic mass is 35.5. The molecule has 2 amide bonds. The van der Waals surface area contributed by atoms with Gasteiger partial charge in [0.15, 0.2) is 0 Å². The summed E-state index contributed by atoms with van der Waals surface area (Å²) in [6, 6.07) is 4.48. The van der Waals surface area contributed by atoms with Gasteiger partial charge in [-0.1, -0.05) is 17.7 Å². The molecule has 0 aliphatic carbocycles. The summed E-state index contributed by atoms with van der Waals surface area (Å²) in [7, 11) is 0. The molecule has 1 atom stereocenters. The Kier molecular flexibility index (Phi) is 7.04. The van der Waals surface area contributed by atoms with E-state index in [1.807, 2.05) is 0 Å². The maximum atomic E-state index is 13.9. The molecule has 1 N–H and O–H groups in total. The maximum Gasteiger partial charge on any atom is 0.258 e. The van der Waals surface area contributed by atoms with E-state index in [9.17, 15) is 14.0 Å². The van der Waals surface area contributed by atoms with Gasteiger partial charge in [-0.15, -0.1) is 12.4 Å². The number of hydrogen-bond donors (Lipinski definition) is 1. The number of piperazine rings is 1. The van der Waals surface area contributed by atoms with Gasteiger partial charge < -0.3 is 15.1 Å². The number of carbonyl (C=O) groups excluding carboxylic acids is 2. The third kappa shape index (κ3) is 4.63. The number of halogens is 3. The quantitative estimate of drug-likeness (QED) is 0.862. The smallest absolute Gasteiger partial charge is 0.258 e. The van der Waals surface area contributed by atoms with E-state index in [0.717, 1.165) is 19.4 Å². The van der Waals surface area contributed by atoms with Gasteiger partial charge in [-0.3, -0.25) is 9.59 Å². The first kappa shape index (κ1) is 19.9. The lowest BCUT2D eigenvalue weighted by molar-refractivity contribution is -0.133. The molecule has 5 nitrogen and oxygen atoms in total. The van der Waals surface area contributed by atoms with Crippen LogP contribution in [0.3, 0.4) is 0 Å². The monoisotopic (exact) mass is 389 g/mol. The summed E-state index contributed by atoms with van der Waals surface area (Å²) >= 11 is 5.96. The Morgan fingerprint density at radius 2 is 1.88 bits per heavy atom. The normalized spacial score (nSPS) is 20.3. The Morgan fingerprint density at radius 1 is 1.20 bits per heavy atom. The number of nitrogens with one attached hydrogen (secondary N) is 1. The number of carbonyl (C=O) groups is 2. The topological polar surface area (TPSA) is 52.7 Å². The van der Waals surface area contributed by atoms with Crippen LogP contribution in [0.25, 0.3) is 0 Å². The fraction of sp³-hybridized carbons (Fsp3) is 0.529. The van der Waals surface area contributed by atoms with Crippen molar-refractivity contribution in [1.82, 2.24) is 15.1 Å². The zero-order chi connectivity index (χ0) is 17.1. The molecule has 1 unspecified atom stereocenters. The predicted molar refractivity (Wildman–Crippen MR) is 96.8 cm³/mol. The summed E-state index contributed by atoms with van der Waals surface area (Å²) in [5.41, 5.74) is -0.0888. The van der Waals surface area contributed by atoms with Gasteiger partial charge in [-0.05, 0) is 31.5 Å². The Labute approximate surface area is 157 Å². The third-order valence-electron chi connectivity index (χ3n) is 4.68. The average Bonchev–Trinajstić information content (AvgIpc) is 3.07. The minimum atomic E-state index is -0.613. The zero-order valence-corrected chi connectivity index (χ0v) is 15.4. The molecule has 0 spiro atoms. The van der Waals surface area contributed by atoms with Crippen molar-refractivity contribution < 1.29 is 14.0 Å². The van der Waals surface area contributed by atoms with Gasteiger partial charge in [-0.2, -0.15) is 0 Å². The lowest BCUT2D eigenvalue weighted by atomic mass is 10.1. The van der Waals surface area contributed by atoms with Crippen LogP contribution in [0.4, 0.5) is 4.39 Å². The highest BCUT2D eigenvalue weighted by molar-refractivity contribution is 6.33. The van der Waals surface area contributed by atoms with Crippen LogP contribution in [0.5, 0.6) is 0 Å². The van der Waals surface area contributed by atoms with Crippen molar-refractivity contribution in [2.24, 2.45) is 0 Å². The molecule has 2 aliphatic rings. The van der Waals surface area contributed by atoms with Crippen molar-refractivity contribution >= 4 is 35.8 Å². The molecule has 2 aliphatic heterocycles. The van der Waals surface area contributed by atoms with Crippen LogP contribution in [0.1, 0.15) is 29.6 Å². The number of rotatable bonds is 3. The first-order valence-electron chi connectivity index (χ1n) is 8.30. The first-order valence-corrected chi connectivity index (χ1v) is 8.68. The van der Waals surface area contributed by atoms with E-state index >= 15 is 0 Å². The van der Waals surface area contributed by atoms with E-state index in [2.05, 4.69) is 5.32 Å². The summed E-state index contributed by atoms with van der Waals surface area (Å²) in [5, 5.41) is 3.44. The molecule has 3 rings (SSSR count). The van der Waals surface area contributed by atoms with Crippen molar-refractivity contribution in [2.75, 3.05) is 32.7 Å². The van der Waals surface area contributed by atoms with Gasteiger partial charge >= 0.3 is 0 Å². The van der Waals surface area contributed by atoms with Crippen LogP contribution >= 0.6 is 24.0 Å². The summed E-state index contributed by atoms with van der Waals surface area (Å²) in [6.45, 7) is 2.72. The van der Waals surface area contributed by atoms with Gasteiger partial charge in [0.25, 0.3) is 5.91 Å². The third-order valence-corrected chi connectivity index (χ3v) is 4.99. The molecule has 138 valence electrons. The Bertz CT molecular complexity index is 610. The van der Waals surface area contributed by atoms with Crippen molar-refractivity contribution in [3.8, 4) is 0 Å². The largest absolute Gasteiger partial charge is 0.339 e. The van der Waals surface area contributed by atoms with Crippen LogP contribution in [0.15, 0.2) is 18.2 Å². The van der Waals surface area contributed by atoms with Crippen molar-refractivity contribution in [3.63, 3.8) is 0 Å². The van der Waals surface area contributed by atoms with Crippen molar-refractivity contribution in [2.45, 2.75) is 25.3 Å². The number of hydrogen-bond acceptors (Lipinski definition) is 3. The van der Waals surface area contributed by atoms with Crippen LogP contribution in [-0.2, 0) is 4.79 Å². The molecule has 2 fully saturated rings. The molecule has 0 aromatic heterocycles. The molecule has 0 radical (unpaired) electrons. The SMILES string of the molecule is Cl.O=C(CC1CCCN1)N1CCN(C(=O)c2c(F)cccc2Cl)CC1. The van der Waals surface area contributed by atoms with Crippen LogP contribution in [0.2, 0.25) is 5.02 Å². The molecule has 0 saturated carbocycles. The van der Waals surface area contributed by atoms with E-state index in [0.29, 0.717) is 32.6 Å². The van der Waals surface area contributed by atoms with E-state index in [4.69, 9.17) is 11.6 Å². The highest BCUT2D eigenvalue weighted by Gasteiger charge is 2.28. The fourth-order valence-corrected chi connectivity index (χ4v) is 3.53. The second-order valence-electron chi connectivity index (χ2n) is 6.27. The van der Waals surface area contributed by atoms with Crippen LogP contribution in [0, 0.1) is 5.82 Å². The molecule has 2 heterocycles. The maximum absolute atomic E-state index is 13.9. The minimum Gasteiger partial charge on any atom is -0.339 e. The van der Waals surface area contributed by atoms with Gasteiger partial charge in [0.05, 0.1) is 10.6 Å². The van der Waals surface area contributed by atoms with E-state index in [1.165, 1.54) is 18.2 Å². The summed E-state index contributed by atoms with van der Waals surface area (Å²) in [4.78, 5) is 28.1. The molecule has 0 bridgehead atoms. The Hall–Kier alpha value is -1.37. The standard InChI is InChI=1S/C17H21ClFN3O2.ClH/c18-13-4-1-5-14(19)16(13)17(24)22-9-7-21(8-10-22)15(23)11-12-3-2-6-20-12;/h1,4-5,12,20H,2-3,6-11H2;1H. The second kappa shape index (κ2) is 8.83. The van der Waals surface area contributed by atoms with Crippen LogP contribution in [-0.4, -0.2) is 60.4 Å². The van der Waals surface area contributed by atoms with E-state index in [1.54, 1.807) is 9.80 Å². The minimum absolute atomic E-state index is 0. The lowest BCUT2D eigenvalue weighted by Crippen LogP contribution is -2.51. The fourth-order valence-electron chi connectivity index (χ4n) is 3.29. The molecular formula is C17H22Cl2FN3O2. The van der Waals surface area contributed by atoms with Gasteiger partial charge in [-0.25, -0.2) is 4.39 Å². The molecule has 8 heteroatoms. The van der Waals surface area contributed by atoms with Gasteiger partial charge in [0.2, 0.25) is 5.91 Å². The lowest BCUT2D eigenvalue weighted by Gasteiger charge is -2.35. The van der Waals surface area contributed by atoms with Crippen molar-refractivity contribution in [1.29, 1.82) is 0 Å². The summed E-state index contributed by atoms with van der Waals surface area (Å²) < 4.78 is 13.9. The number of amides is 2. The van der Waals surface area contributed by atoms with Gasteiger partial charge in [0, 0.05) is 38.6 Å². The van der Waals surface area contributed by atoms with Crippen molar-refractivity contribution in [3.05, 3.63) is 34.6 Å². The molecule has 1 aromatic rings. The Balaban J connectivity index is 0.00000225. The first-order chi connectivity index (χ1) is 11.6. The average molecular weight is 390 g/mol. The molecule has 25 heavy (non-hydrogen) atoms.